The Labute approximate surface area is 98.6 Å². The summed E-state index contributed by atoms with van der Waals surface area (Å²) in [6.07, 6.45) is 0. The fraction of sp³-hybridized carbons (Fsp3) is 0.364. The zero-order chi connectivity index (χ0) is 12.6. The number of hydrogen-bond donors (Lipinski definition) is 1. The lowest BCUT2D eigenvalue weighted by atomic mass is 10.2. The summed E-state index contributed by atoms with van der Waals surface area (Å²) in [7, 11) is 1.77. The Balaban J connectivity index is 2.26. The van der Waals surface area contributed by atoms with Crippen LogP contribution in [0.15, 0.2) is 10.6 Å². The van der Waals surface area contributed by atoms with Crippen LogP contribution < -0.4 is 5.32 Å². The van der Waals surface area contributed by atoms with Crippen molar-refractivity contribution < 1.29 is 9.32 Å². The number of aryl methyl sites for hydroxylation is 4. The highest BCUT2D eigenvalue weighted by Crippen LogP contribution is 2.15. The fourth-order valence-electron chi connectivity index (χ4n) is 1.71. The first kappa shape index (κ1) is 11.4. The number of carbonyl (C=O) groups excluding carboxylic acids is 1. The minimum absolute atomic E-state index is 0.232. The molecule has 0 aliphatic rings. The van der Waals surface area contributed by atoms with Crippen molar-refractivity contribution in [2.24, 2.45) is 7.05 Å². The molecule has 2 aromatic rings. The van der Waals surface area contributed by atoms with Crippen molar-refractivity contribution >= 4 is 11.7 Å². The molecule has 0 aliphatic carbocycles. The summed E-state index contributed by atoms with van der Waals surface area (Å²) in [5.41, 5.74) is 1.91. The highest BCUT2D eigenvalue weighted by Gasteiger charge is 2.18. The summed E-state index contributed by atoms with van der Waals surface area (Å²) in [4.78, 5) is 12.0. The smallest absolute Gasteiger partial charge is 0.262 e. The van der Waals surface area contributed by atoms with Crippen LogP contribution in [0.25, 0.3) is 0 Å². The number of nitrogens with zero attached hydrogens (tertiary/aromatic N) is 3. The minimum Gasteiger partial charge on any atom is -0.361 e. The second-order valence-corrected chi connectivity index (χ2v) is 3.95. The standard InChI is InChI=1S/C11H14N4O2/c1-6-5-9(15(4)13-6)12-11(16)10-7(2)14-17-8(10)3/h5H,1-4H3,(H,12,16). The lowest BCUT2D eigenvalue weighted by Crippen LogP contribution is -2.15. The number of hydrogen-bond acceptors (Lipinski definition) is 4. The lowest BCUT2D eigenvalue weighted by molar-refractivity contribution is 0.102. The lowest BCUT2D eigenvalue weighted by Gasteiger charge is -2.04. The maximum Gasteiger partial charge on any atom is 0.262 e. The molecular formula is C11H14N4O2. The average molecular weight is 234 g/mol. The number of aromatic nitrogens is 3. The third-order valence-electron chi connectivity index (χ3n) is 2.50. The molecule has 0 atom stereocenters. The second-order valence-electron chi connectivity index (χ2n) is 3.95. The van der Waals surface area contributed by atoms with Gasteiger partial charge in [0.05, 0.1) is 11.4 Å². The van der Waals surface area contributed by atoms with Crippen LogP contribution in [0.4, 0.5) is 5.82 Å². The van der Waals surface area contributed by atoms with Crippen LogP contribution in [-0.4, -0.2) is 20.8 Å². The first-order chi connectivity index (χ1) is 7.99. The molecule has 0 spiro atoms. The number of rotatable bonds is 2. The van der Waals surface area contributed by atoms with Crippen molar-refractivity contribution in [2.75, 3.05) is 5.32 Å². The third kappa shape index (κ3) is 2.06. The summed E-state index contributed by atoms with van der Waals surface area (Å²) >= 11 is 0. The van der Waals surface area contributed by atoms with E-state index in [2.05, 4.69) is 15.6 Å². The number of carbonyl (C=O) groups is 1. The second kappa shape index (κ2) is 4.04. The van der Waals surface area contributed by atoms with Gasteiger partial charge in [-0.25, -0.2) is 0 Å². The van der Waals surface area contributed by atoms with Gasteiger partial charge in [0.25, 0.3) is 5.91 Å². The van der Waals surface area contributed by atoms with Gasteiger partial charge in [0.2, 0.25) is 0 Å². The predicted molar refractivity (Wildman–Crippen MR) is 61.9 cm³/mol. The Morgan fingerprint density at radius 1 is 1.41 bits per heavy atom. The van der Waals surface area contributed by atoms with Crippen molar-refractivity contribution in [3.05, 3.63) is 28.8 Å². The SMILES string of the molecule is Cc1cc(NC(=O)c2c(C)noc2C)n(C)n1. The summed E-state index contributed by atoms with van der Waals surface area (Å²) in [6, 6.07) is 1.80. The third-order valence-corrected chi connectivity index (χ3v) is 2.50. The Hall–Kier alpha value is -2.11. The Morgan fingerprint density at radius 2 is 2.12 bits per heavy atom. The van der Waals surface area contributed by atoms with E-state index < -0.39 is 0 Å². The molecule has 1 N–H and O–H groups in total. The highest BCUT2D eigenvalue weighted by molar-refractivity contribution is 6.05. The van der Waals surface area contributed by atoms with Crippen LogP contribution in [-0.2, 0) is 7.05 Å². The van der Waals surface area contributed by atoms with E-state index in [1.54, 1.807) is 31.6 Å². The molecule has 2 heterocycles. The van der Waals surface area contributed by atoms with Gasteiger partial charge in [0.1, 0.15) is 17.1 Å². The van der Waals surface area contributed by atoms with Gasteiger partial charge >= 0.3 is 0 Å². The van der Waals surface area contributed by atoms with Gasteiger partial charge in [0.15, 0.2) is 0 Å². The summed E-state index contributed by atoms with van der Waals surface area (Å²) in [5.74, 6) is 0.927. The zero-order valence-corrected chi connectivity index (χ0v) is 10.2. The predicted octanol–water partition coefficient (Wildman–Crippen LogP) is 1.59. The molecule has 0 saturated carbocycles. The number of nitrogens with one attached hydrogen (secondary N) is 1. The van der Waals surface area contributed by atoms with Crippen molar-refractivity contribution in [3.8, 4) is 0 Å². The quantitative estimate of drug-likeness (QED) is 0.856. The van der Waals surface area contributed by atoms with Crippen molar-refractivity contribution in [1.82, 2.24) is 14.9 Å². The van der Waals surface area contributed by atoms with Crippen LogP contribution in [0.1, 0.15) is 27.5 Å². The largest absolute Gasteiger partial charge is 0.361 e. The van der Waals surface area contributed by atoms with E-state index >= 15 is 0 Å². The molecule has 1 amide bonds. The van der Waals surface area contributed by atoms with E-state index in [-0.39, 0.29) is 5.91 Å². The molecule has 0 saturated heterocycles. The van der Waals surface area contributed by atoms with Crippen molar-refractivity contribution in [2.45, 2.75) is 20.8 Å². The van der Waals surface area contributed by atoms with Crippen LogP contribution in [0, 0.1) is 20.8 Å². The molecular weight excluding hydrogens is 220 g/mol. The molecule has 6 heteroatoms. The Bertz CT molecular complexity index is 549. The molecule has 0 aromatic carbocycles. The van der Waals surface area contributed by atoms with E-state index in [1.165, 1.54) is 0 Å². The Kier molecular flexibility index (Phi) is 2.71. The highest BCUT2D eigenvalue weighted by atomic mass is 16.5. The molecule has 0 bridgehead atoms. The zero-order valence-electron chi connectivity index (χ0n) is 10.2. The summed E-state index contributed by atoms with van der Waals surface area (Å²) < 4.78 is 6.57. The average Bonchev–Trinajstić information content (AvgIpc) is 2.71. The molecule has 0 unspecified atom stereocenters. The molecule has 2 aromatic heterocycles. The van der Waals surface area contributed by atoms with E-state index in [1.807, 2.05) is 6.92 Å². The van der Waals surface area contributed by atoms with E-state index in [0.717, 1.165) is 5.69 Å². The van der Waals surface area contributed by atoms with E-state index in [4.69, 9.17) is 4.52 Å². The molecule has 90 valence electrons. The summed E-state index contributed by atoms with van der Waals surface area (Å²) in [6.45, 7) is 5.31. The van der Waals surface area contributed by atoms with Gasteiger partial charge in [-0.3, -0.25) is 9.48 Å². The van der Waals surface area contributed by atoms with Gasteiger partial charge < -0.3 is 9.84 Å². The first-order valence-corrected chi connectivity index (χ1v) is 5.24. The molecule has 17 heavy (non-hydrogen) atoms. The van der Waals surface area contributed by atoms with Crippen LogP contribution in [0.2, 0.25) is 0 Å². The number of anilines is 1. The van der Waals surface area contributed by atoms with Crippen LogP contribution in [0.3, 0.4) is 0 Å². The van der Waals surface area contributed by atoms with Gasteiger partial charge in [-0.1, -0.05) is 5.16 Å². The van der Waals surface area contributed by atoms with E-state index in [9.17, 15) is 4.79 Å². The minimum atomic E-state index is -0.232. The normalized spacial score (nSPS) is 10.6. The molecule has 2 rings (SSSR count). The monoisotopic (exact) mass is 234 g/mol. The number of amides is 1. The maximum atomic E-state index is 12.0. The molecule has 0 aliphatic heterocycles. The fourth-order valence-corrected chi connectivity index (χ4v) is 1.71. The molecule has 6 nitrogen and oxygen atoms in total. The topological polar surface area (TPSA) is 73.0 Å². The molecule has 0 radical (unpaired) electrons. The maximum absolute atomic E-state index is 12.0. The van der Waals surface area contributed by atoms with Crippen molar-refractivity contribution in [3.63, 3.8) is 0 Å². The van der Waals surface area contributed by atoms with Crippen molar-refractivity contribution in [1.29, 1.82) is 0 Å². The van der Waals surface area contributed by atoms with Gasteiger partial charge in [-0.15, -0.1) is 0 Å². The van der Waals surface area contributed by atoms with Gasteiger partial charge in [0, 0.05) is 13.1 Å². The van der Waals surface area contributed by atoms with Gasteiger partial charge in [-0.05, 0) is 20.8 Å². The Morgan fingerprint density at radius 3 is 2.59 bits per heavy atom. The van der Waals surface area contributed by atoms with Crippen LogP contribution >= 0.6 is 0 Å². The summed E-state index contributed by atoms with van der Waals surface area (Å²) in [5, 5.41) is 10.7. The van der Waals surface area contributed by atoms with Gasteiger partial charge in [-0.2, -0.15) is 5.10 Å². The van der Waals surface area contributed by atoms with Crippen LogP contribution in [0.5, 0.6) is 0 Å². The first-order valence-electron chi connectivity index (χ1n) is 5.24. The van der Waals surface area contributed by atoms with E-state index in [0.29, 0.717) is 22.8 Å². The molecule has 0 fully saturated rings.